The van der Waals surface area contributed by atoms with Gasteiger partial charge in [0.05, 0.1) is 13.2 Å². The topological polar surface area (TPSA) is 73.7 Å². The van der Waals surface area contributed by atoms with E-state index in [4.69, 9.17) is 9.47 Å². The fourth-order valence-corrected chi connectivity index (χ4v) is 2.90. The summed E-state index contributed by atoms with van der Waals surface area (Å²) in [5.41, 5.74) is 1.57. The Bertz CT molecular complexity index is 658. The summed E-state index contributed by atoms with van der Waals surface area (Å²) in [5.74, 6) is 0.112. The van der Waals surface area contributed by atoms with E-state index >= 15 is 0 Å². The highest BCUT2D eigenvalue weighted by atomic mass is 16.6. The molecule has 7 heteroatoms. The van der Waals surface area contributed by atoms with Gasteiger partial charge >= 0.3 is 12.1 Å². The van der Waals surface area contributed by atoms with Crippen LogP contribution in [0.2, 0.25) is 0 Å². The maximum absolute atomic E-state index is 12.4. The van der Waals surface area contributed by atoms with Crippen LogP contribution in [0.5, 0.6) is 0 Å². The van der Waals surface area contributed by atoms with Crippen molar-refractivity contribution in [3.8, 4) is 0 Å². The molecule has 0 N–H and O–H groups in total. The minimum atomic E-state index is -0.553. The standard InChI is InChI=1S/C19H31N3O4/c1-7-25-17(23)16-14-12-21(18(24)26-19(4,5)6)10-9-15(14)22(20-16)11-8-13(2)3/h13H,7-12H2,1-6H3. The molecule has 1 amide bonds. The van der Waals surface area contributed by atoms with Crippen LogP contribution in [-0.4, -0.2) is 45.5 Å². The molecule has 0 fully saturated rings. The van der Waals surface area contributed by atoms with Gasteiger partial charge in [0.2, 0.25) is 0 Å². The van der Waals surface area contributed by atoms with Gasteiger partial charge in [0.1, 0.15) is 5.60 Å². The molecular weight excluding hydrogens is 334 g/mol. The Morgan fingerprint density at radius 3 is 2.54 bits per heavy atom. The summed E-state index contributed by atoms with van der Waals surface area (Å²) in [5, 5.41) is 4.51. The summed E-state index contributed by atoms with van der Waals surface area (Å²) in [6, 6.07) is 0. The van der Waals surface area contributed by atoms with E-state index in [9.17, 15) is 9.59 Å². The monoisotopic (exact) mass is 365 g/mol. The van der Waals surface area contributed by atoms with E-state index in [1.807, 2.05) is 25.5 Å². The number of aryl methyl sites for hydroxylation is 1. The lowest BCUT2D eigenvalue weighted by atomic mass is 10.0. The Balaban J connectivity index is 2.27. The van der Waals surface area contributed by atoms with Gasteiger partial charge < -0.3 is 14.4 Å². The van der Waals surface area contributed by atoms with Crippen molar-refractivity contribution in [1.29, 1.82) is 0 Å². The molecule has 1 aromatic heterocycles. The van der Waals surface area contributed by atoms with E-state index in [1.54, 1.807) is 11.8 Å². The predicted molar refractivity (Wildman–Crippen MR) is 98.0 cm³/mol. The molecular formula is C19H31N3O4. The molecule has 0 atom stereocenters. The van der Waals surface area contributed by atoms with E-state index in [-0.39, 0.29) is 6.09 Å². The Labute approximate surface area is 155 Å². The van der Waals surface area contributed by atoms with Crippen molar-refractivity contribution in [2.45, 2.75) is 73.1 Å². The van der Waals surface area contributed by atoms with Gasteiger partial charge in [-0.3, -0.25) is 4.68 Å². The third-order valence-electron chi connectivity index (χ3n) is 4.17. The van der Waals surface area contributed by atoms with Crippen LogP contribution >= 0.6 is 0 Å². The highest BCUT2D eigenvalue weighted by molar-refractivity contribution is 5.89. The van der Waals surface area contributed by atoms with Gasteiger partial charge in [0, 0.05) is 30.8 Å². The molecule has 0 spiro atoms. The molecule has 0 aromatic carbocycles. The smallest absolute Gasteiger partial charge is 0.410 e. The molecule has 0 unspecified atom stereocenters. The number of carbonyl (C=O) groups is 2. The zero-order valence-corrected chi connectivity index (χ0v) is 16.8. The number of ether oxygens (including phenoxy) is 2. The first kappa shape index (κ1) is 20.3. The molecule has 1 aliphatic rings. The van der Waals surface area contributed by atoms with Crippen molar-refractivity contribution in [2.24, 2.45) is 5.92 Å². The lowest BCUT2D eigenvalue weighted by Gasteiger charge is -2.30. The molecule has 2 rings (SSSR count). The molecule has 0 bridgehead atoms. The fourth-order valence-electron chi connectivity index (χ4n) is 2.90. The van der Waals surface area contributed by atoms with Crippen LogP contribution in [0.15, 0.2) is 0 Å². The van der Waals surface area contributed by atoms with Gasteiger partial charge in [0.25, 0.3) is 0 Å². The van der Waals surface area contributed by atoms with E-state index < -0.39 is 11.6 Å². The van der Waals surface area contributed by atoms with Crippen LogP contribution in [-0.2, 0) is 29.0 Å². The molecule has 146 valence electrons. The van der Waals surface area contributed by atoms with Crippen LogP contribution < -0.4 is 0 Å². The Morgan fingerprint density at radius 1 is 1.27 bits per heavy atom. The Morgan fingerprint density at radius 2 is 1.96 bits per heavy atom. The van der Waals surface area contributed by atoms with Gasteiger partial charge in [-0.25, -0.2) is 9.59 Å². The summed E-state index contributed by atoms with van der Waals surface area (Å²) in [4.78, 5) is 26.4. The van der Waals surface area contributed by atoms with Crippen LogP contribution in [0.3, 0.4) is 0 Å². The van der Waals surface area contributed by atoms with Crippen LogP contribution in [0.4, 0.5) is 4.79 Å². The molecule has 2 heterocycles. The van der Waals surface area contributed by atoms with E-state index in [0.29, 0.717) is 37.7 Å². The average Bonchev–Trinajstić information content (AvgIpc) is 2.89. The fraction of sp³-hybridized carbons (Fsp3) is 0.737. The summed E-state index contributed by atoms with van der Waals surface area (Å²) < 4.78 is 12.5. The second-order valence-electron chi connectivity index (χ2n) is 8.05. The zero-order chi connectivity index (χ0) is 19.5. The normalized spacial score (nSPS) is 14.3. The summed E-state index contributed by atoms with van der Waals surface area (Å²) in [6.07, 6.45) is 1.26. The molecule has 1 aliphatic heterocycles. The average molecular weight is 365 g/mol. The minimum absolute atomic E-state index is 0.294. The van der Waals surface area contributed by atoms with Crippen LogP contribution in [0.25, 0.3) is 0 Å². The maximum Gasteiger partial charge on any atom is 0.410 e. The maximum atomic E-state index is 12.4. The van der Waals surface area contributed by atoms with Crippen molar-refractivity contribution >= 4 is 12.1 Å². The molecule has 7 nitrogen and oxygen atoms in total. The van der Waals surface area contributed by atoms with Crippen LogP contribution in [0.1, 0.15) is 69.7 Å². The zero-order valence-electron chi connectivity index (χ0n) is 16.8. The van der Waals surface area contributed by atoms with E-state index in [0.717, 1.165) is 24.2 Å². The predicted octanol–water partition coefficient (Wildman–Crippen LogP) is 3.40. The van der Waals surface area contributed by atoms with Crippen molar-refractivity contribution in [2.75, 3.05) is 13.2 Å². The van der Waals surface area contributed by atoms with E-state index in [2.05, 4.69) is 18.9 Å². The number of aromatic nitrogens is 2. The quantitative estimate of drug-likeness (QED) is 0.748. The number of hydrogen-bond donors (Lipinski definition) is 0. The number of hydrogen-bond acceptors (Lipinski definition) is 5. The number of esters is 1. The first-order valence-electron chi connectivity index (χ1n) is 9.36. The number of rotatable bonds is 5. The first-order chi connectivity index (χ1) is 12.1. The third-order valence-corrected chi connectivity index (χ3v) is 4.17. The van der Waals surface area contributed by atoms with Crippen molar-refractivity contribution < 1.29 is 19.1 Å². The lowest BCUT2D eigenvalue weighted by Crippen LogP contribution is -2.40. The third kappa shape index (κ3) is 4.99. The second kappa shape index (κ2) is 8.10. The first-order valence-corrected chi connectivity index (χ1v) is 9.36. The minimum Gasteiger partial charge on any atom is -0.461 e. The SMILES string of the molecule is CCOC(=O)c1nn(CCC(C)C)c2c1CN(C(=O)OC(C)(C)C)CC2. The largest absolute Gasteiger partial charge is 0.461 e. The Kier molecular flexibility index (Phi) is 6.31. The lowest BCUT2D eigenvalue weighted by molar-refractivity contribution is 0.0219. The van der Waals surface area contributed by atoms with Gasteiger partial charge in [-0.2, -0.15) is 5.10 Å². The summed E-state index contributed by atoms with van der Waals surface area (Å²) in [6.45, 7) is 13.5. The highest BCUT2D eigenvalue weighted by Gasteiger charge is 2.32. The van der Waals surface area contributed by atoms with Crippen molar-refractivity contribution in [3.05, 3.63) is 17.0 Å². The summed E-state index contributed by atoms with van der Waals surface area (Å²) in [7, 11) is 0. The second-order valence-corrected chi connectivity index (χ2v) is 8.05. The van der Waals surface area contributed by atoms with Gasteiger partial charge in [-0.05, 0) is 40.0 Å². The number of nitrogens with zero attached hydrogens (tertiary/aromatic N) is 3. The molecule has 0 saturated heterocycles. The molecule has 1 aromatic rings. The molecule has 0 saturated carbocycles. The van der Waals surface area contributed by atoms with Gasteiger partial charge in [0.15, 0.2) is 5.69 Å². The number of fused-ring (bicyclic) bond motifs is 1. The molecule has 0 aliphatic carbocycles. The van der Waals surface area contributed by atoms with Crippen molar-refractivity contribution in [1.82, 2.24) is 14.7 Å². The van der Waals surface area contributed by atoms with Crippen molar-refractivity contribution in [3.63, 3.8) is 0 Å². The van der Waals surface area contributed by atoms with E-state index in [1.165, 1.54) is 0 Å². The Hall–Kier alpha value is -2.05. The number of carbonyl (C=O) groups excluding carboxylic acids is 2. The van der Waals surface area contributed by atoms with Gasteiger partial charge in [-0.1, -0.05) is 13.8 Å². The van der Waals surface area contributed by atoms with Gasteiger partial charge in [-0.15, -0.1) is 0 Å². The molecule has 26 heavy (non-hydrogen) atoms. The summed E-state index contributed by atoms with van der Waals surface area (Å²) >= 11 is 0. The number of amides is 1. The highest BCUT2D eigenvalue weighted by Crippen LogP contribution is 2.25. The molecule has 0 radical (unpaired) electrons. The van der Waals surface area contributed by atoms with Crippen LogP contribution in [0, 0.1) is 5.92 Å².